The minimum Gasteiger partial charge on any atom is -0.478 e. The van der Waals surface area contributed by atoms with Crippen molar-refractivity contribution in [2.45, 2.75) is 25.3 Å². The first-order valence-corrected chi connectivity index (χ1v) is 8.21. The van der Waals surface area contributed by atoms with Crippen LogP contribution in [0.4, 0.5) is 10.5 Å². The fraction of sp³-hybridized carbons (Fsp3) is 0.316. The van der Waals surface area contributed by atoms with Crippen LogP contribution in [0.2, 0.25) is 0 Å². The summed E-state index contributed by atoms with van der Waals surface area (Å²) < 4.78 is 6.67. The number of methoxy groups -OCH3 is 1. The minimum atomic E-state index is -0.998. The Morgan fingerprint density at radius 2 is 2.19 bits per heavy atom. The number of nitrogens with zero attached hydrogens (tertiary/aromatic N) is 3. The number of carboxylic acid groups (broad SMARTS) is 1. The highest BCUT2D eigenvalue weighted by molar-refractivity contribution is 5.94. The molecule has 7 nitrogen and oxygen atoms in total. The lowest BCUT2D eigenvalue weighted by Crippen LogP contribution is -2.35. The fourth-order valence-corrected chi connectivity index (χ4v) is 3.56. The molecule has 1 amide bonds. The molecular weight excluding hydrogens is 334 g/mol. The number of rotatable bonds is 5. The van der Waals surface area contributed by atoms with Crippen molar-refractivity contribution >= 4 is 17.7 Å². The molecule has 136 valence electrons. The monoisotopic (exact) mass is 355 g/mol. The largest absolute Gasteiger partial charge is 0.478 e. The highest BCUT2D eigenvalue weighted by Crippen LogP contribution is 2.45. The molecule has 0 aliphatic carbocycles. The lowest BCUT2D eigenvalue weighted by Gasteiger charge is -2.26. The van der Waals surface area contributed by atoms with E-state index in [1.165, 1.54) is 13.2 Å². The van der Waals surface area contributed by atoms with Crippen LogP contribution in [0.3, 0.4) is 0 Å². The van der Waals surface area contributed by atoms with E-state index in [0.29, 0.717) is 25.2 Å². The third kappa shape index (κ3) is 3.20. The second kappa shape index (κ2) is 6.67. The Kier molecular flexibility index (Phi) is 4.54. The summed E-state index contributed by atoms with van der Waals surface area (Å²) in [4.78, 5) is 25.1. The van der Waals surface area contributed by atoms with E-state index in [0.717, 1.165) is 11.1 Å². The Labute approximate surface area is 151 Å². The van der Waals surface area contributed by atoms with Crippen molar-refractivity contribution < 1.29 is 19.4 Å². The molecule has 1 N–H and O–H groups in total. The highest BCUT2D eigenvalue weighted by Gasteiger charge is 2.42. The van der Waals surface area contributed by atoms with E-state index < -0.39 is 17.5 Å². The summed E-state index contributed by atoms with van der Waals surface area (Å²) in [5, 5.41) is 13.5. The summed E-state index contributed by atoms with van der Waals surface area (Å²) in [5.41, 5.74) is 2.16. The Hall–Kier alpha value is -3.09. The van der Waals surface area contributed by atoms with Crippen molar-refractivity contribution in [3.05, 3.63) is 59.9 Å². The number of amides is 1. The molecule has 0 saturated carbocycles. The van der Waals surface area contributed by atoms with E-state index in [2.05, 4.69) is 11.7 Å². The van der Waals surface area contributed by atoms with Crippen molar-refractivity contribution in [2.24, 2.45) is 0 Å². The molecular formula is C19H21N3O4. The van der Waals surface area contributed by atoms with Gasteiger partial charge in [-0.3, -0.25) is 9.58 Å². The number of allylic oxidation sites excluding steroid dienone is 1. The second-order valence-electron chi connectivity index (χ2n) is 6.78. The molecule has 0 radical (unpaired) electrons. The van der Waals surface area contributed by atoms with E-state index in [4.69, 9.17) is 4.74 Å². The maximum Gasteiger partial charge on any atom is 0.414 e. The summed E-state index contributed by atoms with van der Waals surface area (Å²) in [6, 6.07) is 6.65. The fourth-order valence-electron chi connectivity index (χ4n) is 3.56. The second-order valence-corrected chi connectivity index (χ2v) is 6.78. The number of benzene rings is 1. The van der Waals surface area contributed by atoms with Crippen LogP contribution < -0.4 is 4.90 Å². The molecule has 1 aromatic carbocycles. The SMILES string of the molecule is C=C(Cn1cccn1)CC1(C)CN(C(=O)OC)c2ccc(C(=O)O)cc21. The molecule has 0 saturated heterocycles. The molecule has 1 unspecified atom stereocenters. The summed E-state index contributed by atoms with van der Waals surface area (Å²) in [6.45, 7) is 7.12. The summed E-state index contributed by atoms with van der Waals surface area (Å²) in [6.07, 6.45) is 3.70. The molecule has 1 aromatic heterocycles. The molecule has 1 aliphatic rings. The lowest BCUT2D eigenvalue weighted by molar-refractivity contribution is 0.0696. The van der Waals surface area contributed by atoms with E-state index >= 15 is 0 Å². The molecule has 0 fully saturated rings. The molecule has 2 aromatic rings. The number of hydrogen-bond donors (Lipinski definition) is 1. The van der Waals surface area contributed by atoms with Gasteiger partial charge in [-0.2, -0.15) is 5.10 Å². The van der Waals surface area contributed by atoms with Crippen LogP contribution in [0.5, 0.6) is 0 Å². The van der Waals surface area contributed by atoms with Gasteiger partial charge in [0.25, 0.3) is 0 Å². The maximum atomic E-state index is 12.2. The first kappa shape index (κ1) is 17.7. The van der Waals surface area contributed by atoms with Gasteiger partial charge in [0.05, 0.1) is 24.9 Å². The molecule has 1 atom stereocenters. The van der Waals surface area contributed by atoms with Crippen LogP contribution in [0, 0.1) is 0 Å². The number of carbonyl (C=O) groups excluding carboxylic acids is 1. The average molecular weight is 355 g/mol. The van der Waals surface area contributed by atoms with E-state index in [-0.39, 0.29) is 5.56 Å². The van der Waals surface area contributed by atoms with Gasteiger partial charge in [-0.15, -0.1) is 0 Å². The molecule has 3 rings (SSSR count). The molecule has 0 spiro atoms. The van der Waals surface area contributed by atoms with Gasteiger partial charge in [0.2, 0.25) is 0 Å². The van der Waals surface area contributed by atoms with Crippen molar-refractivity contribution in [1.29, 1.82) is 0 Å². The van der Waals surface area contributed by atoms with Gasteiger partial charge in [-0.05, 0) is 36.2 Å². The summed E-state index contributed by atoms with van der Waals surface area (Å²) in [5.74, 6) is -0.998. The van der Waals surface area contributed by atoms with Gasteiger partial charge in [0.15, 0.2) is 0 Å². The number of aromatic nitrogens is 2. The van der Waals surface area contributed by atoms with Crippen LogP contribution in [0.1, 0.15) is 29.3 Å². The zero-order valence-electron chi connectivity index (χ0n) is 14.8. The predicted octanol–water partition coefficient (Wildman–Crippen LogP) is 3.07. The minimum absolute atomic E-state index is 0.194. The van der Waals surface area contributed by atoms with Gasteiger partial charge in [0, 0.05) is 24.4 Å². The zero-order chi connectivity index (χ0) is 18.9. The summed E-state index contributed by atoms with van der Waals surface area (Å²) in [7, 11) is 1.33. The zero-order valence-corrected chi connectivity index (χ0v) is 14.8. The van der Waals surface area contributed by atoms with Gasteiger partial charge in [0.1, 0.15) is 0 Å². The van der Waals surface area contributed by atoms with E-state index in [1.807, 2.05) is 19.2 Å². The molecule has 26 heavy (non-hydrogen) atoms. The third-order valence-corrected chi connectivity index (χ3v) is 4.67. The quantitative estimate of drug-likeness (QED) is 0.833. The Morgan fingerprint density at radius 1 is 1.42 bits per heavy atom. The number of fused-ring (bicyclic) bond motifs is 1. The van der Waals surface area contributed by atoms with Gasteiger partial charge in [-0.1, -0.05) is 19.1 Å². The Bertz CT molecular complexity index is 860. The number of anilines is 1. The Morgan fingerprint density at radius 3 is 2.81 bits per heavy atom. The van der Waals surface area contributed by atoms with Gasteiger partial charge < -0.3 is 9.84 Å². The van der Waals surface area contributed by atoms with Gasteiger partial charge in [-0.25, -0.2) is 9.59 Å². The Balaban J connectivity index is 1.93. The smallest absolute Gasteiger partial charge is 0.414 e. The number of ether oxygens (including phenoxy) is 1. The first-order valence-electron chi connectivity index (χ1n) is 8.21. The number of hydrogen-bond acceptors (Lipinski definition) is 4. The van der Waals surface area contributed by atoms with Crippen LogP contribution in [-0.4, -0.2) is 40.6 Å². The third-order valence-electron chi connectivity index (χ3n) is 4.67. The first-order chi connectivity index (χ1) is 12.3. The van der Waals surface area contributed by atoms with Crippen LogP contribution in [0.15, 0.2) is 48.8 Å². The van der Waals surface area contributed by atoms with Crippen LogP contribution in [-0.2, 0) is 16.7 Å². The lowest BCUT2D eigenvalue weighted by atomic mass is 9.78. The van der Waals surface area contributed by atoms with E-state index in [1.54, 1.807) is 27.9 Å². The highest BCUT2D eigenvalue weighted by atomic mass is 16.5. The van der Waals surface area contributed by atoms with Crippen molar-refractivity contribution in [2.75, 3.05) is 18.6 Å². The summed E-state index contributed by atoms with van der Waals surface area (Å²) >= 11 is 0. The normalized spacial score (nSPS) is 18.5. The predicted molar refractivity (Wildman–Crippen MR) is 96.5 cm³/mol. The van der Waals surface area contributed by atoms with Crippen LogP contribution in [0.25, 0.3) is 0 Å². The molecule has 0 bridgehead atoms. The molecule has 1 aliphatic heterocycles. The van der Waals surface area contributed by atoms with Crippen molar-refractivity contribution in [1.82, 2.24) is 9.78 Å². The topological polar surface area (TPSA) is 84.7 Å². The van der Waals surface area contributed by atoms with Crippen molar-refractivity contribution in [3.8, 4) is 0 Å². The molecule has 2 heterocycles. The average Bonchev–Trinajstić information content (AvgIpc) is 3.20. The van der Waals surface area contributed by atoms with E-state index in [9.17, 15) is 14.7 Å². The van der Waals surface area contributed by atoms with Crippen molar-refractivity contribution in [3.63, 3.8) is 0 Å². The molecule has 7 heteroatoms. The number of aromatic carboxylic acids is 1. The van der Waals surface area contributed by atoms with Gasteiger partial charge >= 0.3 is 12.1 Å². The van der Waals surface area contributed by atoms with Crippen LogP contribution >= 0.6 is 0 Å². The number of carbonyl (C=O) groups is 2. The maximum absolute atomic E-state index is 12.2. The standard InChI is InChI=1S/C19H21N3O4/c1-13(11-21-8-4-7-20-21)10-19(2)12-22(18(25)26-3)16-6-5-14(17(23)24)9-15(16)19/h4-9H,1,10-12H2,2-3H3,(H,23,24). The number of carboxylic acids is 1.